The van der Waals surface area contributed by atoms with Crippen LogP contribution in [0.3, 0.4) is 0 Å². The number of halogens is 1. The van der Waals surface area contributed by atoms with E-state index in [0.29, 0.717) is 51.0 Å². The molecule has 0 atom stereocenters. The van der Waals surface area contributed by atoms with Crippen molar-refractivity contribution in [2.75, 3.05) is 20.0 Å². The summed E-state index contributed by atoms with van der Waals surface area (Å²) in [6, 6.07) is 20.0. The fourth-order valence-electron chi connectivity index (χ4n) is 3.97. The van der Waals surface area contributed by atoms with Gasteiger partial charge in [0.25, 0.3) is 5.91 Å². The van der Waals surface area contributed by atoms with Gasteiger partial charge >= 0.3 is 0 Å². The molecule has 0 unspecified atom stereocenters. The first-order valence-electron chi connectivity index (χ1n) is 10.8. The van der Waals surface area contributed by atoms with Crippen molar-refractivity contribution >= 4 is 45.5 Å². The Bertz CT molecular complexity index is 1560. The molecule has 3 N–H and O–H groups in total. The number of nitrogens with one attached hydrogen (secondary N) is 1. The first-order valence-corrected chi connectivity index (χ1v) is 11.2. The van der Waals surface area contributed by atoms with Crippen LogP contribution in [0.2, 0.25) is 5.02 Å². The molecule has 2 heterocycles. The van der Waals surface area contributed by atoms with Crippen LogP contribution in [0.1, 0.15) is 15.9 Å². The van der Waals surface area contributed by atoms with Gasteiger partial charge in [0.2, 0.25) is 0 Å². The van der Waals surface area contributed by atoms with Gasteiger partial charge in [-0.1, -0.05) is 35.9 Å². The zero-order valence-corrected chi connectivity index (χ0v) is 19.8. The Morgan fingerprint density at radius 3 is 2.40 bits per heavy atom. The van der Waals surface area contributed by atoms with Crippen LogP contribution in [0.5, 0.6) is 11.5 Å². The van der Waals surface area contributed by atoms with Gasteiger partial charge in [-0.25, -0.2) is 9.97 Å². The molecule has 0 radical (unpaired) electrons. The third-order valence-electron chi connectivity index (χ3n) is 5.72. The molecule has 0 fully saturated rings. The molecule has 5 aromatic rings. The summed E-state index contributed by atoms with van der Waals surface area (Å²) in [5, 5.41) is 3.56. The normalized spacial score (nSPS) is 11.1. The number of nitrogens with zero attached hydrogens (tertiary/aromatic N) is 3. The summed E-state index contributed by atoms with van der Waals surface area (Å²) in [6.45, 7) is 0.297. The zero-order chi connectivity index (χ0) is 24.5. The number of nitrogens with two attached hydrogens (primary N) is 1. The van der Waals surface area contributed by atoms with E-state index in [0.717, 1.165) is 5.56 Å². The smallest absolute Gasteiger partial charge is 0.257 e. The van der Waals surface area contributed by atoms with Gasteiger partial charge in [-0.2, -0.15) is 0 Å². The molecule has 0 saturated heterocycles. The van der Waals surface area contributed by atoms with E-state index in [-0.39, 0.29) is 17.3 Å². The van der Waals surface area contributed by atoms with Gasteiger partial charge in [0.15, 0.2) is 5.65 Å². The molecule has 0 aliphatic heterocycles. The van der Waals surface area contributed by atoms with Crippen LogP contribution in [0.4, 0.5) is 5.82 Å². The molecule has 9 heteroatoms. The average Bonchev–Trinajstić information content (AvgIpc) is 3.16. The second-order valence-corrected chi connectivity index (χ2v) is 8.26. The molecule has 0 aliphatic rings. The number of carbonyl (C=O) groups excluding carboxylic acids is 1. The first-order chi connectivity index (χ1) is 17.0. The average molecular weight is 488 g/mol. The van der Waals surface area contributed by atoms with E-state index in [4.69, 9.17) is 36.8 Å². The van der Waals surface area contributed by atoms with Crippen LogP contribution in [0, 0.1) is 0 Å². The molecular formula is C26H22ClN5O3. The molecule has 8 nitrogen and oxygen atoms in total. The standard InChI is InChI=1S/C26H22ClN5O3/c1-34-17-11-12-21(35-2)20(13-17)32-24(28)22(26(33)29-14-15-7-9-16(27)10-8-15)23-25(32)31-19-6-4-3-5-18(19)30-23/h3-13H,14,28H2,1-2H3,(H,29,33). The van der Waals surface area contributed by atoms with E-state index in [9.17, 15) is 4.79 Å². The number of anilines is 1. The van der Waals surface area contributed by atoms with Crippen LogP contribution in [-0.4, -0.2) is 34.7 Å². The maximum atomic E-state index is 13.4. The third-order valence-corrected chi connectivity index (χ3v) is 5.97. The Hall–Kier alpha value is -4.30. The number of carbonyl (C=O) groups is 1. The van der Waals surface area contributed by atoms with E-state index in [2.05, 4.69) is 5.32 Å². The lowest BCUT2D eigenvalue weighted by molar-refractivity contribution is 0.0953. The van der Waals surface area contributed by atoms with Gasteiger partial charge in [0.1, 0.15) is 28.4 Å². The Morgan fingerprint density at radius 1 is 1.00 bits per heavy atom. The zero-order valence-electron chi connectivity index (χ0n) is 19.1. The van der Waals surface area contributed by atoms with Crippen LogP contribution in [-0.2, 0) is 6.54 Å². The monoisotopic (exact) mass is 487 g/mol. The highest BCUT2D eigenvalue weighted by Gasteiger charge is 2.26. The number of fused-ring (bicyclic) bond motifs is 2. The second-order valence-electron chi connectivity index (χ2n) is 7.83. The van der Waals surface area contributed by atoms with Gasteiger partial charge in [-0.05, 0) is 42.0 Å². The Morgan fingerprint density at radius 2 is 1.71 bits per heavy atom. The minimum Gasteiger partial charge on any atom is -0.497 e. The largest absolute Gasteiger partial charge is 0.497 e. The number of para-hydroxylation sites is 2. The topological polar surface area (TPSA) is 104 Å². The number of amides is 1. The predicted molar refractivity (Wildman–Crippen MR) is 137 cm³/mol. The molecule has 3 aromatic carbocycles. The van der Waals surface area contributed by atoms with Gasteiger partial charge in [-0.15, -0.1) is 0 Å². The molecule has 0 spiro atoms. The number of rotatable bonds is 6. The number of hydrogen-bond donors (Lipinski definition) is 2. The molecule has 5 rings (SSSR count). The highest BCUT2D eigenvalue weighted by Crippen LogP contribution is 2.36. The SMILES string of the molecule is COc1ccc(OC)c(-n2c(N)c(C(=O)NCc3ccc(Cl)cc3)c3nc4ccccc4nc32)c1. The van der Waals surface area contributed by atoms with Gasteiger partial charge in [0.05, 0.1) is 30.9 Å². The Labute approximate surface area is 206 Å². The fraction of sp³-hybridized carbons (Fsp3) is 0.115. The van der Waals surface area contributed by atoms with E-state index < -0.39 is 0 Å². The van der Waals surface area contributed by atoms with Crippen LogP contribution in [0.25, 0.3) is 27.9 Å². The first kappa shape index (κ1) is 22.5. The lowest BCUT2D eigenvalue weighted by Gasteiger charge is -2.14. The maximum Gasteiger partial charge on any atom is 0.257 e. The van der Waals surface area contributed by atoms with Gasteiger partial charge in [0, 0.05) is 17.6 Å². The minimum atomic E-state index is -0.368. The van der Waals surface area contributed by atoms with E-state index >= 15 is 0 Å². The number of hydrogen-bond acceptors (Lipinski definition) is 6. The van der Waals surface area contributed by atoms with Crippen LogP contribution in [0.15, 0.2) is 66.7 Å². The second kappa shape index (κ2) is 9.15. The molecule has 0 aliphatic carbocycles. The molecular weight excluding hydrogens is 466 g/mol. The summed E-state index contributed by atoms with van der Waals surface area (Å²) < 4.78 is 12.7. The third kappa shape index (κ3) is 4.08. The van der Waals surface area contributed by atoms with Crippen molar-refractivity contribution < 1.29 is 14.3 Å². The molecule has 1 amide bonds. The van der Waals surface area contributed by atoms with Crippen molar-refractivity contribution in [2.45, 2.75) is 6.54 Å². The lowest BCUT2D eigenvalue weighted by Crippen LogP contribution is -2.24. The van der Waals surface area contributed by atoms with Crippen molar-refractivity contribution in [3.63, 3.8) is 0 Å². The fourth-order valence-corrected chi connectivity index (χ4v) is 4.10. The number of nitrogen functional groups attached to an aromatic ring is 1. The Kier molecular flexibility index (Phi) is 5.88. The number of methoxy groups -OCH3 is 2. The highest BCUT2D eigenvalue weighted by molar-refractivity contribution is 6.30. The highest BCUT2D eigenvalue weighted by atomic mass is 35.5. The van der Waals surface area contributed by atoms with Gasteiger partial charge < -0.3 is 20.5 Å². The van der Waals surface area contributed by atoms with Crippen LogP contribution < -0.4 is 20.5 Å². The van der Waals surface area contributed by atoms with E-state index in [1.807, 2.05) is 36.4 Å². The summed E-state index contributed by atoms with van der Waals surface area (Å²) >= 11 is 5.97. The molecule has 2 aromatic heterocycles. The number of ether oxygens (including phenoxy) is 2. The lowest BCUT2D eigenvalue weighted by atomic mass is 10.2. The summed E-state index contributed by atoms with van der Waals surface area (Å²) in [5.41, 5.74) is 10.5. The predicted octanol–water partition coefficient (Wildman–Crippen LogP) is 4.76. The van der Waals surface area contributed by atoms with Gasteiger partial charge in [-0.3, -0.25) is 9.36 Å². The molecule has 0 saturated carbocycles. The number of benzene rings is 3. The Balaban J connectivity index is 1.69. The van der Waals surface area contributed by atoms with Crippen molar-refractivity contribution in [2.24, 2.45) is 0 Å². The summed E-state index contributed by atoms with van der Waals surface area (Å²) in [7, 11) is 3.14. The summed E-state index contributed by atoms with van der Waals surface area (Å²) in [4.78, 5) is 23.0. The summed E-state index contributed by atoms with van der Waals surface area (Å²) in [5.74, 6) is 0.963. The van der Waals surface area contributed by atoms with E-state index in [1.54, 1.807) is 49.1 Å². The van der Waals surface area contributed by atoms with Crippen molar-refractivity contribution in [3.05, 3.63) is 82.9 Å². The number of aromatic nitrogens is 3. The van der Waals surface area contributed by atoms with Crippen molar-refractivity contribution in [3.8, 4) is 17.2 Å². The maximum absolute atomic E-state index is 13.4. The molecule has 35 heavy (non-hydrogen) atoms. The van der Waals surface area contributed by atoms with Crippen molar-refractivity contribution in [1.29, 1.82) is 0 Å². The van der Waals surface area contributed by atoms with Crippen LogP contribution >= 0.6 is 11.6 Å². The van der Waals surface area contributed by atoms with Crippen molar-refractivity contribution in [1.82, 2.24) is 19.9 Å². The quantitative estimate of drug-likeness (QED) is 0.358. The molecule has 176 valence electrons. The van der Waals surface area contributed by atoms with E-state index in [1.165, 1.54) is 0 Å². The minimum absolute atomic E-state index is 0.190. The summed E-state index contributed by atoms with van der Waals surface area (Å²) in [6.07, 6.45) is 0. The molecule has 0 bridgehead atoms.